The molecule has 4 aromatic carbocycles. The Morgan fingerprint density at radius 1 is 0.978 bits per heavy atom. The maximum atomic E-state index is 13.4. The monoisotopic (exact) mass is 633 g/mol. The number of nitrogens with one attached hydrogen (secondary N) is 1. The third kappa shape index (κ3) is 8.94. The van der Waals surface area contributed by atoms with E-state index in [2.05, 4.69) is 16.3 Å². The molecule has 1 aliphatic heterocycles. The van der Waals surface area contributed by atoms with Crippen LogP contribution >= 0.6 is 0 Å². The first-order valence-electron chi connectivity index (χ1n) is 15.2. The first kappa shape index (κ1) is 34.6. The van der Waals surface area contributed by atoms with E-state index in [1.165, 1.54) is 24.3 Å². The summed E-state index contributed by atoms with van der Waals surface area (Å²) in [5.74, 6) is 0.179. The first-order chi connectivity index (χ1) is 22.1. The second kappa shape index (κ2) is 15.9. The molecule has 0 aliphatic carbocycles. The second-order valence-electron chi connectivity index (χ2n) is 11.4. The van der Waals surface area contributed by atoms with E-state index in [0.29, 0.717) is 17.9 Å². The van der Waals surface area contributed by atoms with Gasteiger partial charge in [-0.15, -0.1) is 0 Å². The molecule has 0 aromatic heterocycles. The van der Waals surface area contributed by atoms with E-state index in [1.54, 1.807) is 12.1 Å². The average molecular weight is 634 g/mol. The van der Waals surface area contributed by atoms with E-state index in [0.717, 1.165) is 66.7 Å². The topological polar surface area (TPSA) is 57.5 Å². The normalized spacial score (nSPS) is 16.2. The molecule has 2 atom stereocenters. The Balaban J connectivity index is 0.000000210. The Morgan fingerprint density at radius 3 is 2.28 bits per heavy atom. The first-order valence-corrected chi connectivity index (χ1v) is 15.2. The summed E-state index contributed by atoms with van der Waals surface area (Å²) in [5.41, 5.74) is 3.50. The Hall–Kier alpha value is -4.23. The van der Waals surface area contributed by atoms with Crippen molar-refractivity contribution in [2.24, 2.45) is 0 Å². The Morgan fingerprint density at radius 2 is 1.67 bits per heavy atom. The minimum Gasteiger partial charge on any atom is -0.486 e. The fraction of sp³-hybridized carbons (Fsp3) is 0.324. The van der Waals surface area contributed by atoms with Gasteiger partial charge >= 0.3 is 6.18 Å². The Bertz CT molecular complexity index is 1570. The van der Waals surface area contributed by atoms with E-state index in [4.69, 9.17) is 14.7 Å². The number of ether oxygens (including phenoxy) is 2. The van der Waals surface area contributed by atoms with Crippen LogP contribution in [-0.2, 0) is 23.1 Å². The number of rotatable bonds is 11. The zero-order valence-electron chi connectivity index (χ0n) is 26.3. The number of nitriles is 1. The van der Waals surface area contributed by atoms with Crippen molar-refractivity contribution in [3.05, 3.63) is 136 Å². The van der Waals surface area contributed by atoms with E-state index in [9.17, 15) is 17.6 Å². The van der Waals surface area contributed by atoms with Crippen molar-refractivity contribution >= 4 is 0 Å². The summed E-state index contributed by atoms with van der Waals surface area (Å²) >= 11 is 0. The van der Waals surface area contributed by atoms with Gasteiger partial charge in [-0.25, -0.2) is 4.39 Å². The highest BCUT2D eigenvalue weighted by atomic mass is 19.4. The largest absolute Gasteiger partial charge is 0.486 e. The van der Waals surface area contributed by atoms with Gasteiger partial charge in [0.05, 0.1) is 23.8 Å². The van der Waals surface area contributed by atoms with E-state index >= 15 is 0 Å². The van der Waals surface area contributed by atoms with Crippen LogP contribution in [-0.4, -0.2) is 39.1 Å². The number of alkyl halides is 3. The predicted molar refractivity (Wildman–Crippen MR) is 171 cm³/mol. The van der Waals surface area contributed by atoms with Gasteiger partial charge in [-0.05, 0) is 118 Å². The van der Waals surface area contributed by atoms with Crippen molar-refractivity contribution in [2.45, 2.75) is 43.8 Å². The lowest BCUT2D eigenvalue weighted by Crippen LogP contribution is -2.28. The van der Waals surface area contributed by atoms with E-state index in [-0.39, 0.29) is 11.9 Å². The summed E-state index contributed by atoms with van der Waals surface area (Å²) in [4.78, 5) is 2.15. The fourth-order valence-corrected chi connectivity index (χ4v) is 5.53. The van der Waals surface area contributed by atoms with Gasteiger partial charge in [0.15, 0.2) is 0 Å². The van der Waals surface area contributed by atoms with Gasteiger partial charge in [0.2, 0.25) is 0 Å². The van der Waals surface area contributed by atoms with Crippen molar-refractivity contribution < 1.29 is 27.0 Å². The van der Waals surface area contributed by atoms with Crippen molar-refractivity contribution in [3.63, 3.8) is 0 Å². The van der Waals surface area contributed by atoms with Gasteiger partial charge < -0.3 is 19.7 Å². The maximum Gasteiger partial charge on any atom is 0.416 e. The smallest absolute Gasteiger partial charge is 0.416 e. The summed E-state index contributed by atoms with van der Waals surface area (Å²) in [6.07, 6.45) is -2.03. The zero-order chi connectivity index (χ0) is 33.2. The quantitative estimate of drug-likeness (QED) is 0.169. The fourth-order valence-electron chi connectivity index (χ4n) is 5.53. The highest BCUT2D eigenvalue weighted by Crippen LogP contribution is 2.45. The van der Waals surface area contributed by atoms with Gasteiger partial charge in [0.1, 0.15) is 23.3 Å². The lowest BCUT2D eigenvalue weighted by atomic mass is 9.81. The third-order valence-corrected chi connectivity index (χ3v) is 7.88. The number of hydrogen-bond acceptors (Lipinski definition) is 5. The highest BCUT2D eigenvalue weighted by Gasteiger charge is 2.41. The highest BCUT2D eigenvalue weighted by molar-refractivity contribution is 5.48. The van der Waals surface area contributed by atoms with Crippen LogP contribution in [0.25, 0.3) is 0 Å². The van der Waals surface area contributed by atoms with Gasteiger partial charge in [-0.3, -0.25) is 0 Å². The van der Waals surface area contributed by atoms with E-state index < -0.39 is 17.3 Å². The molecule has 5 nitrogen and oxygen atoms in total. The minimum absolute atomic E-state index is 0.203. The number of fused-ring (bicyclic) bond motifs is 1. The molecule has 0 saturated carbocycles. The summed E-state index contributed by atoms with van der Waals surface area (Å²) in [7, 11) is 5.95. The number of nitrogens with zero attached hydrogens (tertiary/aromatic N) is 2. The number of hydrogen-bond donors (Lipinski definition) is 1. The molecule has 0 fully saturated rings. The minimum atomic E-state index is -4.33. The van der Waals surface area contributed by atoms with Crippen molar-refractivity contribution in [3.8, 4) is 11.8 Å². The van der Waals surface area contributed by atoms with Crippen molar-refractivity contribution in [1.29, 1.82) is 5.26 Å². The van der Waals surface area contributed by atoms with Crippen LogP contribution in [0.15, 0.2) is 97.1 Å². The maximum absolute atomic E-state index is 13.4. The Labute approximate surface area is 268 Å². The van der Waals surface area contributed by atoms with Crippen LogP contribution in [0.3, 0.4) is 0 Å². The van der Waals surface area contributed by atoms with E-state index in [1.807, 2.05) is 69.7 Å². The molecule has 0 spiro atoms. The zero-order valence-corrected chi connectivity index (χ0v) is 26.3. The second-order valence-corrected chi connectivity index (χ2v) is 11.4. The Kier molecular flexibility index (Phi) is 11.9. The van der Waals surface area contributed by atoms with Crippen LogP contribution < -0.4 is 10.1 Å². The number of halogens is 4. The molecule has 1 heterocycles. The molecule has 0 amide bonds. The lowest BCUT2D eigenvalue weighted by molar-refractivity contribution is -0.137. The van der Waals surface area contributed by atoms with Crippen LogP contribution in [0.4, 0.5) is 17.6 Å². The summed E-state index contributed by atoms with van der Waals surface area (Å²) < 4.78 is 63.2. The van der Waals surface area contributed by atoms with Gasteiger partial charge in [0, 0.05) is 6.42 Å². The molecule has 0 bridgehead atoms. The molecule has 1 N–H and O–H groups in total. The van der Waals surface area contributed by atoms with Gasteiger partial charge in [-0.2, -0.15) is 18.4 Å². The average Bonchev–Trinajstić information content (AvgIpc) is 3.42. The predicted octanol–water partition coefficient (Wildman–Crippen LogP) is 8.25. The van der Waals surface area contributed by atoms with Crippen molar-refractivity contribution in [1.82, 2.24) is 10.2 Å². The molecular formula is C37H39F4N3O2. The van der Waals surface area contributed by atoms with Crippen LogP contribution in [0, 0.1) is 17.1 Å². The third-order valence-electron chi connectivity index (χ3n) is 7.88. The van der Waals surface area contributed by atoms with Gasteiger partial charge in [-0.1, -0.05) is 48.5 Å². The SMILES string of the molecule is CN(C)CCCC1(c2ccc(F)cc2)OCc2cc(C#N)ccc21.CNCCC(Oc1ccc(C(F)(F)F)cc1)c1ccccc1. The molecule has 1 aliphatic rings. The van der Waals surface area contributed by atoms with Crippen LogP contribution in [0.5, 0.6) is 5.75 Å². The molecule has 4 aromatic rings. The molecule has 5 rings (SSSR count). The molecule has 0 saturated heterocycles. The molecule has 2 unspecified atom stereocenters. The van der Waals surface area contributed by atoms with Gasteiger partial charge in [0.25, 0.3) is 0 Å². The molecule has 242 valence electrons. The van der Waals surface area contributed by atoms with Crippen molar-refractivity contribution in [2.75, 3.05) is 34.2 Å². The standard InChI is InChI=1S/C20H21FN2O.C17H18F3NO/c1-23(2)11-3-10-20(17-5-7-18(21)8-6-17)19-9-4-15(13-22)12-16(19)14-24-20;1-21-12-11-16(13-5-3-2-4-6-13)22-15-9-7-14(8-10-15)17(18,19)20/h4-9,12H,3,10-11,14H2,1-2H3;2-10,16,21H,11-12H2,1H3. The molecule has 9 heteroatoms. The number of benzene rings is 4. The van der Waals surface area contributed by atoms with Crippen LogP contribution in [0.1, 0.15) is 58.7 Å². The molecular weight excluding hydrogens is 594 g/mol. The molecule has 46 heavy (non-hydrogen) atoms. The molecule has 0 radical (unpaired) electrons. The summed E-state index contributed by atoms with van der Waals surface area (Å²) in [5, 5.41) is 12.2. The van der Waals surface area contributed by atoms with Crippen LogP contribution in [0.2, 0.25) is 0 Å². The lowest BCUT2D eigenvalue weighted by Gasteiger charge is -2.31. The summed E-state index contributed by atoms with van der Waals surface area (Å²) in [6, 6.07) is 28.9. The summed E-state index contributed by atoms with van der Waals surface area (Å²) in [6.45, 7) is 2.18.